The summed E-state index contributed by atoms with van der Waals surface area (Å²) in [5, 5.41) is 9.52. The van der Waals surface area contributed by atoms with Crippen LogP contribution >= 0.6 is 11.3 Å². The average molecular weight is 425 g/mol. The number of H-pyrrole nitrogens is 1. The molecule has 1 saturated heterocycles. The molecule has 0 radical (unpaired) electrons. The lowest BCUT2D eigenvalue weighted by molar-refractivity contribution is -0.138. The number of thiophene rings is 1. The van der Waals surface area contributed by atoms with E-state index in [4.69, 9.17) is 5.73 Å². The van der Waals surface area contributed by atoms with E-state index in [9.17, 15) is 22.8 Å². The first-order valence-corrected chi connectivity index (χ1v) is 9.19. The molecule has 4 N–H and O–H groups in total. The van der Waals surface area contributed by atoms with Gasteiger partial charge < -0.3 is 16.0 Å². The summed E-state index contributed by atoms with van der Waals surface area (Å²) in [6.45, 7) is 2.29. The van der Waals surface area contributed by atoms with E-state index in [2.05, 4.69) is 25.5 Å². The van der Waals surface area contributed by atoms with Gasteiger partial charge in [-0.1, -0.05) is 0 Å². The third kappa shape index (κ3) is 3.37. The highest BCUT2D eigenvalue weighted by atomic mass is 32.1. The number of nitrogen functional groups attached to an aromatic ring is 1. The number of fused-ring (bicyclic) bond motifs is 1. The second-order valence-electron chi connectivity index (χ2n) is 6.55. The van der Waals surface area contributed by atoms with Gasteiger partial charge in [0.1, 0.15) is 9.71 Å². The predicted molar refractivity (Wildman–Crippen MR) is 99.9 cm³/mol. The molecule has 0 saturated carbocycles. The number of carbonyl (C=O) groups excluding carboxylic acids is 1. The summed E-state index contributed by atoms with van der Waals surface area (Å²) in [4.78, 5) is 34.0. The Bertz CT molecular complexity index is 1150. The quantitative estimate of drug-likeness (QED) is 0.577. The van der Waals surface area contributed by atoms with Gasteiger partial charge in [-0.25, -0.2) is 15.1 Å². The topological polar surface area (TPSA) is 130 Å². The number of nitrogens with zero attached hydrogens (tertiary/aromatic N) is 4. The van der Waals surface area contributed by atoms with Gasteiger partial charge in [-0.3, -0.25) is 9.59 Å². The Morgan fingerprint density at radius 2 is 2.00 bits per heavy atom. The number of halogens is 3. The number of aromatic nitrogens is 4. The van der Waals surface area contributed by atoms with E-state index in [-0.39, 0.29) is 28.1 Å². The molecule has 4 rings (SSSR count). The van der Waals surface area contributed by atoms with Crippen molar-refractivity contribution >= 4 is 39.1 Å². The highest BCUT2D eigenvalue weighted by Crippen LogP contribution is 2.33. The largest absolute Gasteiger partial charge is 0.419 e. The Labute approximate surface area is 164 Å². The van der Waals surface area contributed by atoms with E-state index in [1.807, 2.05) is 0 Å². The molecule has 4 heterocycles. The molecule has 0 atom stereocenters. The van der Waals surface area contributed by atoms with Gasteiger partial charge in [-0.15, -0.1) is 11.3 Å². The number of nitrogens with two attached hydrogens (primary N) is 1. The smallest absolute Gasteiger partial charge is 0.397 e. The molecular formula is C16H14F3N7O2S. The van der Waals surface area contributed by atoms with Gasteiger partial charge in [0.05, 0.1) is 17.3 Å². The van der Waals surface area contributed by atoms with Crippen LogP contribution in [0.3, 0.4) is 0 Å². The van der Waals surface area contributed by atoms with Crippen molar-refractivity contribution in [1.29, 1.82) is 0 Å². The van der Waals surface area contributed by atoms with Gasteiger partial charge in [-0.05, 0) is 6.92 Å². The molecule has 1 aliphatic rings. The summed E-state index contributed by atoms with van der Waals surface area (Å²) in [5.41, 5.74) is 5.33. The van der Waals surface area contributed by atoms with Crippen LogP contribution in [0.25, 0.3) is 10.2 Å². The van der Waals surface area contributed by atoms with E-state index in [0.29, 0.717) is 28.9 Å². The van der Waals surface area contributed by atoms with Gasteiger partial charge in [0.2, 0.25) is 5.95 Å². The van der Waals surface area contributed by atoms with E-state index in [1.165, 1.54) is 0 Å². The molecule has 3 aromatic rings. The minimum Gasteiger partial charge on any atom is -0.397 e. The molecule has 13 heteroatoms. The Morgan fingerprint density at radius 3 is 2.62 bits per heavy atom. The zero-order valence-electron chi connectivity index (χ0n) is 14.9. The highest BCUT2D eigenvalue weighted by Gasteiger charge is 2.34. The molecule has 0 aromatic carbocycles. The molecule has 29 heavy (non-hydrogen) atoms. The third-order valence-corrected chi connectivity index (χ3v) is 5.67. The number of amides is 1. The summed E-state index contributed by atoms with van der Waals surface area (Å²) in [6.07, 6.45) is -3.04. The first-order valence-electron chi connectivity index (χ1n) is 8.37. The van der Waals surface area contributed by atoms with Crippen LogP contribution in [0.2, 0.25) is 0 Å². The van der Waals surface area contributed by atoms with Crippen molar-refractivity contribution in [3.63, 3.8) is 0 Å². The number of anilines is 2. The summed E-state index contributed by atoms with van der Waals surface area (Å²) < 4.78 is 37.7. The number of hydrogen-bond acceptors (Lipinski definition) is 8. The minimum atomic E-state index is -4.49. The number of alkyl halides is 3. The van der Waals surface area contributed by atoms with Crippen molar-refractivity contribution in [3.05, 3.63) is 38.8 Å². The van der Waals surface area contributed by atoms with Crippen LogP contribution in [-0.2, 0) is 6.18 Å². The van der Waals surface area contributed by atoms with Crippen molar-refractivity contribution < 1.29 is 18.0 Å². The zero-order valence-corrected chi connectivity index (χ0v) is 15.7. The average Bonchev–Trinajstić information content (AvgIpc) is 2.97. The molecule has 1 fully saturated rings. The SMILES string of the molecule is Cc1c(=O)[nH]nc2sc(C(=O)NC3CN(c4ncc(C(F)(F)F)cn4)C3)c(N)c12. The number of nitrogens with one attached hydrogen (secondary N) is 2. The van der Waals surface area contributed by atoms with Crippen molar-refractivity contribution in [2.75, 3.05) is 23.7 Å². The number of aromatic amines is 1. The molecular weight excluding hydrogens is 411 g/mol. The fraction of sp³-hybridized carbons (Fsp3) is 0.312. The fourth-order valence-electron chi connectivity index (χ4n) is 2.96. The van der Waals surface area contributed by atoms with Gasteiger partial charge in [0, 0.05) is 36.4 Å². The Kier molecular flexibility index (Phi) is 4.41. The van der Waals surface area contributed by atoms with Crippen LogP contribution in [0.15, 0.2) is 17.2 Å². The van der Waals surface area contributed by atoms with Crippen LogP contribution in [-0.4, -0.2) is 45.2 Å². The van der Waals surface area contributed by atoms with E-state index in [1.54, 1.807) is 11.8 Å². The maximum Gasteiger partial charge on any atom is 0.419 e. The maximum atomic E-state index is 12.6. The molecule has 9 nitrogen and oxygen atoms in total. The van der Waals surface area contributed by atoms with Gasteiger partial charge >= 0.3 is 6.18 Å². The second kappa shape index (κ2) is 6.69. The predicted octanol–water partition coefficient (Wildman–Crippen LogP) is 1.30. The van der Waals surface area contributed by atoms with Crippen LogP contribution in [0.5, 0.6) is 0 Å². The molecule has 1 aliphatic heterocycles. The first-order chi connectivity index (χ1) is 13.6. The number of carbonyl (C=O) groups is 1. The lowest BCUT2D eigenvalue weighted by Gasteiger charge is -2.39. The molecule has 0 unspecified atom stereocenters. The first kappa shape index (κ1) is 19.1. The number of aryl methyl sites for hydroxylation is 1. The fourth-order valence-corrected chi connectivity index (χ4v) is 3.97. The lowest BCUT2D eigenvalue weighted by Crippen LogP contribution is -2.60. The molecule has 152 valence electrons. The molecule has 0 aliphatic carbocycles. The number of rotatable bonds is 3. The van der Waals surface area contributed by atoms with Crippen molar-refractivity contribution in [1.82, 2.24) is 25.5 Å². The van der Waals surface area contributed by atoms with E-state index >= 15 is 0 Å². The van der Waals surface area contributed by atoms with Crippen LogP contribution < -0.4 is 21.5 Å². The molecule has 0 spiro atoms. The normalized spacial score (nSPS) is 14.8. The minimum absolute atomic E-state index is 0.156. The summed E-state index contributed by atoms with van der Waals surface area (Å²) in [5.74, 6) is -0.251. The van der Waals surface area contributed by atoms with Gasteiger partial charge in [0.25, 0.3) is 11.5 Å². The lowest BCUT2D eigenvalue weighted by atomic mass is 10.1. The Balaban J connectivity index is 1.42. The maximum absolute atomic E-state index is 12.6. The standard InChI is InChI=1S/C16H14F3N7O2S/c1-6-9-10(20)11(29-14(9)25-24-12(6)27)13(28)23-8-4-26(5-8)15-21-2-7(3-22-15)16(17,18)19/h2-3,8H,4-5,20H2,1H3,(H,23,28)(H,24,27). The molecule has 0 bridgehead atoms. The van der Waals surface area contributed by atoms with Crippen LogP contribution in [0, 0.1) is 6.92 Å². The second-order valence-corrected chi connectivity index (χ2v) is 7.55. The molecule has 1 amide bonds. The van der Waals surface area contributed by atoms with Crippen molar-refractivity contribution in [2.45, 2.75) is 19.1 Å². The third-order valence-electron chi connectivity index (χ3n) is 4.57. The summed E-state index contributed by atoms with van der Waals surface area (Å²) in [6, 6.07) is -0.242. The monoisotopic (exact) mass is 425 g/mol. The van der Waals surface area contributed by atoms with Gasteiger partial charge in [-0.2, -0.15) is 18.3 Å². The summed E-state index contributed by atoms with van der Waals surface area (Å²) >= 11 is 1.07. The van der Waals surface area contributed by atoms with Crippen LogP contribution in [0.1, 0.15) is 20.8 Å². The van der Waals surface area contributed by atoms with Crippen molar-refractivity contribution in [2.24, 2.45) is 0 Å². The molecule has 3 aromatic heterocycles. The van der Waals surface area contributed by atoms with E-state index in [0.717, 1.165) is 23.7 Å². The Morgan fingerprint density at radius 1 is 1.34 bits per heavy atom. The Hall–Kier alpha value is -3.22. The highest BCUT2D eigenvalue weighted by molar-refractivity contribution is 7.21. The number of hydrogen-bond donors (Lipinski definition) is 3. The van der Waals surface area contributed by atoms with Crippen molar-refractivity contribution in [3.8, 4) is 0 Å². The summed E-state index contributed by atoms with van der Waals surface area (Å²) in [7, 11) is 0. The zero-order chi connectivity index (χ0) is 20.9. The van der Waals surface area contributed by atoms with E-state index < -0.39 is 17.6 Å². The van der Waals surface area contributed by atoms with Gasteiger partial charge in [0.15, 0.2) is 0 Å². The van der Waals surface area contributed by atoms with Crippen LogP contribution in [0.4, 0.5) is 24.8 Å².